The Hall–Kier alpha value is -0.630. The summed E-state index contributed by atoms with van der Waals surface area (Å²) in [5, 5.41) is 10.0. The van der Waals surface area contributed by atoms with Crippen molar-refractivity contribution in [3.05, 3.63) is 11.6 Å². The smallest absolute Gasteiger partial charge is 0.187 e. The third kappa shape index (κ3) is 0.798. The Labute approximate surface area is 77.6 Å². The lowest BCUT2D eigenvalue weighted by Gasteiger charge is -2.32. The van der Waals surface area contributed by atoms with E-state index in [4.69, 9.17) is 0 Å². The summed E-state index contributed by atoms with van der Waals surface area (Å²) in [5.41, 5.74) is 0.593. The molecule has 3 rings (SSSR count). The third-order valence-corrected chi connectivity index (χ3v) is 4.19. The maximum atomic E-state index is 11.6. The van der Waals surface area contributed by atoms with Crippen LogP contribution in [0.4, 0.5) is 0 Å². The van der Waals surface area contributed by atoms with Gasteiger partial charge in [-0.05, 0) is 50.0 Å². The maximum absolute atomic E-state index is 11.6. The zero-order valence-corrected chi connectivity index (χ0v) is 7.68. The highest BCUT2D eigenvalue weighted by Crippen LogP contribution is 2.59. The number of ketones is 1. The number of aliphatic hydroxyl groups is 1. The highest BCUT2D eigenvalue weighted by molar-refractivity contribution is 5.99. The maximum Gasteiger partial charge on any atom is 0.187 e. The number of carbonyl (C=O) groups is 1. The second-order valence-corrected chi connectivity index (χ2v) is 4.88. The Morgan fingerprint density at radius 3 is 3.00 bits per heavy atom. The first kappa shape index (κ1) is 7.74. The Bertz CT molecular complexity index is 318. The van der Waals surface area contributed by atoms with Crippen LogP contribution in [-0.2, 0) is 4.79 Å². The fourth-order valence-corrected chi connectivity index (χ4v) is 3.44. The molecule has 2 fully saturated rings. The van der Waals surface area contributed by atoms with Crippen LogP contribution in [0.3, 0.4) is 0 Å². The number of hydrogen-bond acceptors (Lipinski definition) is 2. The molecule has 0 heterocycles. The molecular formula is C11H14O2. The molecule has 0 radical (unpaired) electrons. The van der Waals surface area contributed by atoms with Crippen molar-refractivity contribution < 1.29 is 9.90 Å². The first-order valence-corrected chi connectivity index (χ1v) is 5.13. The molecule has 3 aliphatic rings. The van der Waals surface area contributed by atoms with E-state index in [1.54, 1.807) is 6.08 Å². The summed E-state index contributed by atoms with van der Waals surface area (Å²) in [6.45, 7) is 0. The number of rotatable bonds is 0. The average Bonchev–Trinajstić information content (AvgIpc) is 2.59. The molecule has 0 saturated heterocycles. The van der Waals surface area contributed by atoms with Crippen LogP contribution in [0.25, 0.3) is 0 Å². The van der Waals surface area contributed by atoms with Gasteiger partial charge in [-0.15, -0.1) is 0 Å². The van der Waals surface area contributed by atoms with Gasteiger partial charge in [0.25, 0.3) is 0 Å². The van der Waals surface area contributed by atoms with Gasteiger partial charge in [-0.1, -0.05) is 5.57 Å². The number of allylic oxidation sites excluding steroid dienone is 1. The Balaban J connectivity index is 2.14. The lowest BCUT2D eigenvalue weighted by atomic mass is 9.74. The molecule has 70 valence electrons. The van der Waals surface area contributed by atoms with E-state index in [1.165, 1.54) is 18.4 Å². The largest absolute Gasteiger partial charge is 0.382 e. The molecule has 1 spiro atoms. The van der Waals surface area contributed by atoms with E-state index in [-0.39, 0.29) is 11.2 Å². The van der Waals surface area contributed by atoms with Crippen molar-refractivity contribution in [1.29, 1.82) is 0 Å². The minimum Gasteiger partial charge on any atom is -0.382 e. The predicted molar refractivity (Wildman–Crippen MR) is 48.2 cm³/mol. The van der Waals surface area contributed by atoms with E-state index < -0.39 is 5.60 Å². The first-order valence-electron chi connectivity index (χ1n) is 5.13. The highest BCUT2D eigenvalue weighted by atomic mass is 16.3. The molecule has 0 aromatic heterocycles. The SMILES string of the molecule is O=C1C=C2CCCC23CCC1(O)C3. The van der Waals surface area contributed by atoms with Crippen molar-refractivity contribution in [1.82, 2.24) is 0 Å². The lowest BCUT2D eigenvalue weighted by Crippen LogP contribution is -2.39. The second-order valence-electron chi connectivity index (χ2n) is 4.88. The first-order chi connectivity index (χ1) is 6.15. The Kier molecular flexibility index (Phi) is 1.23. The van der Waals surface area contributed by atoms with E-state index in [9.17, 15) is 9.90 Å². The van der Waals surface area contributed by atoms with Gasteiger partial charge in [-0.25, -0.2) is 0 Å². The summed E-state index contributed by atoms with van der Waals surface area (Å²) in [5.74, 6) is -0.0301. The summed E-state index contributed by atoms with van der Waals surface area (Å²) in [6, 6.07) is 0. The van der Waals surface area contributed by atoms with E-state index >= 15 is 0 Å². The molecule has 2 bridgehead atoms. The van der Waals surface area contributed by atoms with Gasteiger partial charge in [0.05, 0.1) is 0 Å². The summed E-state index contributed by atoms with van der Waals surface area (Å²) in [4.78, 5) is 11.6. The number of fused-ring (bicyclic) bond motifs is 1. The van der Waals surface area contributed by atoms with Crippen molar-refractivity contribution in [2.75, 3.05) is 0 Å². The van der Waals surface area contributed by atoms with Crippen LogP contribution in [0.5, 0.6) is 0 Å². The molecule has 0 amide bonds. The van der Waals surface area contributed by atoms with Crippen LogP contribution in [0, 0.1) is 5.41 Å². The summed E-state index contributed by atoms with van der Waals surface area (Å²) >= 11 is 0. The van der Waals surface area contributed by atoms with Crippen molar-refractivity contribution in [3.8, 4) is 0 Å². The quantitative estimate of drug-likeness (QED) is 0.611. The molecule has 0 aliphatic heterocycles. The normalized spacial score (nSPS) is 47.8. The van der Waals surface area contributed by atoms with Crippen LogP contribution in [0.1, 0.15) is 38.5 Å². The second kappa shape index (κ2) is 2.06. The van der Waals surface area contributed by atoms with Gasteiger partial charge in [-0.3, -0.25) is 4.79 Å². The fourth-order valence-electron chi connectivity index (χ4n) is 3.44. The van der Waals surface area contributed by atoms with Crippen LogP contribution >= 0.6 is 0 Å². The van der Waals surface area contributed by atoms with Gasteiger partial charge in [0, 0.05) is 0 Å². The summed E-state index contributed by atoms with van der Waals surface area (Å²) in [7, 11) is 0. The predicted octanol–water partition coefficient (Wildman–Crippen LogP) is 1.58. The van der Waals surface area contributed by atoms with Crippen molar-refractivity contribution in [2.24, 2.45) is 5.41 Å². The molecular weight excluding hydrogens is 164 g/mol. The van der Waals surface area contributed by atoms with Crippen molar-refractivity contribution in [2.45, 2.75) is 44.1 Å². The van der Waals surface area contributed by atoms with Gasteiger partial charge in [0.2, 0.25) is 0 Å². The van der Waals surface area contributed by atoms with Crippen LogP contribution < -0.4 is 0 Å². The van der Waals surface area contributed by atoms with E-state index in [1.807, 2.05) is 0 Å². The van der Waals surface area contributed by atoms with Gasteiger partial charge in [0.15, 0.2) is 5.78 Å². The van der Waals surface area contributed by atoms with Gasteiger partial charge in [-0.2, -0.15) is 0 Å². The van der Waals surface area contributed by atoms with Gasteiger partial charge >= 0.3 is 0 Å². The average molecular weight is 178 g/mol. The molecule has 2 atom stereocenters. The van der Waals surface area contributed by atoms with Gasteiger partial charge < -0.3 is 5.11 Å². The summed E-state index contributed by atoms with van der Waals surface area (Å²) < 4.78 is 0. The molecule has 2 unspecified atom stereocenters. The molecule has 3 aliphatic carbocycles. The van der Waals surface area contributed by atoms with Crippen LogP contribution in [0.2, 0.25) is 0 Å². The van der Waals surface area contributed by atoms with E-state index in [2.05, 4.69) is 0 Å². The van der Waals surface area contributed by atoms with Crippen LogP contribution in [0.15, 0.2) is 11.6 Å². The topological polar surface area (TPSA) is 37.3 Å². The minimum absolute atomic E-state index is 0.0301. The third-order valence-electron chi connectivity index (χ3n) is 4.19. The van der Waals surface area contributed by atoms with Crippen LogP contribution in [-0.4, -0.2) is 16.5 Å². The fraction of sp³-hybridized carbons (Fsp3) is 0.727. The van der Waals surface area contributed by atoms with Crippen molar-refractivity contribution in [3.63, 3.8) is 0 Å². The molecule has 0 aromatic rings. The number of carbonyl (C=O) groups excluding carboxylic acids is 1. The van der Waals surface area contributed by atoms with E-state index in [0.29, 0.717) is 12.8 Å². The molecule has 2 nitrogen and oxygen atoms in total. The monoisotopic (exact) mass is 178 g/mol. The lowest BCUT2D eigenvalue weighted by molar-refractivity contribution is -0.133. The van der Waals surface area contributed by atoms with Crippen molar-refractivity contribution >= 4 is 5.78 Å². The van der Waals surface area contributed by atoms with Gasteiger partial charge in [0.1, 0.15) is 5.60 Å². The van der Waals surface area contributed by atoms with E-state index in [0.717, 1.165) is 12.8 Å². The highest BCUT2D eigenvalue weighted by Gasteiger charge is 2.56. The summed E-state index contributed by atoms with van der Waals surface area (Å²) in [6.07, 6.45) is 7.65. The standard InChI is InChI=1S/C11H14O2/c12-9-6-8-2-1-3-10(8)4-5-11(9,13)7-10/h6,13H,1-5,7H2. The zero-order chi connectivity index (χ0) is 9.10. The molecule has 2 saturated carbocycles. The molecule has 1 N–H and O–H groups in total. The molecule has 0 aromatic carbocycles. The Morgan fingerprint density at radius 2 is 2.15 bits per heavy atom. The minimum atomic E-state index is -0.978. The number of hydrogen-bond donors (Lipinski definition) is 1. The molecule has 2 heteroatoms. The Morgan fingerprint density at radius 1 is 1.31 bits per heavy atom. The molecule has 13 heavy (non-hydrogen) atoms. The zero-order valence-electron chi connectivity index (χ0n) is 7.68.